The van der Waals surface area contributed by atoms with Gasteiger partial charge in [0.2, 0.25) is 0 Å². The lowest BCUT2D eigenvalue weighted by molar-refractivity contribution is 0.300. The van der Waals surface area contributed by atoms with Crippen molar-refractivity contribution in [1.29, 1.82) is 0 Å². The molecule has 2 rings (SSSR count). The molecule has 2 aromatic rings. The van der Waals surface area contributed by atoms with E-state index in [1.165, 1.54) is 12.1 Å². The van der Waals surface area contributed by atoms with Gasteiger partial charge in [0.1, 0.15) is 18.2 Å². The molecule has 0 fully saturated rings. The highest BCUT2D eigenvalue weighted by Gasteiger charge is 2.10. The summed E-state index contributed by atoms with van der Waals surface area (Å²) in [6.07, 6.45) is 0. The second-order valence-corrected chi connectivity index (χ2v) is 6.41. The third-order valence-corrected chi connectivity index (χ3v) is 4.33. The lowest BCUT2D eigenvalue weighted by Crippen LogP contribution is -2.01. The van der Waals surface area contributed by atoms with Gasteiger partial charge in [0.05, 0.1) is 5.88 Å². The van der Waals surface area contributed by atoms with Crippen molar-refractivity contribution in [3.05, 3.63) is 61.8 Å². The Balaban J connectivity index is 2.22. The molecule has 0 heterocycles. The minimum absolute atomic E-state index is 0.276. The average Bonchev–Trinajstić information content (AvgIpc) is 2.38. The minimum Gasteiger partial charge on any atom is -0.488 e. The van der Waals surface area contributed by atoms with E-state index < -0.39 is 0 Å². The summed E-state index contributed by atoms with van der Waals surface area (Å²) in [4.78, 5) is 0. The van der Waals surface area contributed by atoms with Crippen molar-refractivity contribution in [3.63, 3.8) is 0 Å². The SMILES string of the molecule is Cc1cc(Br)cc(CCl)c1OCc1ccc(F)cc1Br. The Morgan fingerprint density at radius 1 is 1.15 bits per heavy atom. The predicted octanol–water partition coefficient (Wildman–Crippen LogP) is 5.98. The summed E-state index contributed by atoms with van der Waals surface area (Å²) < 4.78 is 20.6. The van der Waals surface area contributed by atoms with Gasteiger partial charge in [-0.3, -0.25) is 0 Å². The van der Waals surface area contributed by atoms with Crippen LogP contribution in [-0.4, -0.2) is 0 Å². The molecule has 0 aromatic heterocycles. The smallest absolute Gasteiger partial charge is 0.127 e. The van der Waals surface area contributed by atoms with E-state index in [0.29, 0.717) is 17.0 Å². The van der Waals surface area contributed by atoms with E-state index in [9.17, 15) is 4.39 Å². The Morgan fingerprint density at radius 2 is 1.90 bits per heavy atom. The molecular weight excluding hydrogens is 410 g/mol. The zero-order valence-electron chi connectivity index (χ0n) is 10.7. The van der Waals surface area contributed by atoms with Gasteiger partial charge in [-0.25, -0.2) is 4.39 Å². The van der Waals surface area contributed by atoms with Gasteiger partial charge in [-0.1, -0.05) is 37.9 Å². The number of halogens is 4. The molecule has 0 aliphatic rings. The van der Waals surface area contributed by atoms with E-state index in [0.717, 1.165) is 26.9 Å². The van der Waals surface area contributed by atoms with Crippen LogP contribution in [0.3, 0.4) is 0 Å². The molecule has 0 radical (unpaired) electrons. The molecule has 0 saturated carbocycles. The fraction of sp³-hybridized carbons (Fsp3) is 0.200. The zero-order valence-corrected chi connectivity index (χ0v) is 14.6. The number of rotatable bonds is 4. The standard InChI is InChI=1S/C15H12Br2ClFO/c1-9-4-12(16)5-11(7-18)15(9)20-8-10-2-3-13(19)6-14(10)17/h2-6H,7-8H2,1H3. The van der Waals surface area contributed by atoms with Gasteiger partial charge in [-0.2, -0.15) is 0 Å². The van der Waals surface area contributed by atoms with E-state index in [1.807, 2.05) is 19.1 Å². The maximum Gasteiger partial charge on any atom is 0.127 e. The van der Waals surface area contributed by atoms with Crippen LogP contribution in [0.4, 0.5) is 4.39 Å². The van der Waals surface area contributed by atoms with Gasteiger partial charge in [0.15, 0.2) is 0 Å². The Kier molecular flexibility index (Phi) is 5.47. The van der Waals surface area contributed by atoms with Crippen molar-refractivity contribution in [1.82, 2.24) is 0 Å². The predicted molar refractivity (Wildman–Crippen MR) is 86.9 cm³/mol. The normalized spacial score (nSPS) is 10.7. The van der Waals surface area contributed by atoms with Crippen LogP contribution in [-0.2, 0) is 12.5 Å². The second-order valence-electron chi connectivity index (χ2n) is 4.37. The summed E-state index contributed by atoms with van der Waals surface area (Å²) in [7, 11) is 0. The zero-order chi connectivity index (χ0) is 14.7. The van der Waals surface area contributed by atoms with Crippen LogP contribution in [0.2, 0.25) is 0 Å². The quantitative estimate of drug-likeness (QED) is 0.551. The van der Waals surface area contributed by atoms with Gasteiger partial charge in [0.25, 0.3) is 0 Å². The number of hydrogen-bond donors (Lipinski definition) is 0. The molecule has 2 aromatic carbocycles. The van der Waals surface area contributed by atoms with Gasteiger partial charge in [0, 0.05) is 20.1 Å². The number of aryl methyl sites for hydroxylation is 1. The van der Waals surface area contributed by atoms with Crippen LogP contribution in [0.5, 0.6) is 5.75 Å². The largest absolute Gasteiger partial charge is 0.488 e. The lowest BCUT2D eigenvalue weighted by atomic mass is 10.1. The molecule has 0 aliphatic carbocycles. The van der Waals surface area contributed by atoms with Crippen molar-refractivity contribution in [2.75, 3.05) is 0 Å². The first-order valence-electron chi connectivity index (χ1n) is 5.93. The van der Waals surface area contributed by atoms with Gasteiger partial charge in [-0.15, -0.1) is 11.6 Å². The Bertz CT molecular complexity index is 632. The molecule has 0 saturated heterocycles. The summed E-state index contributed by atoms with van der Waals surface area (Å²) in [5.74, 6) is 0.876. The minimum atomic E-state index is -0.276. The van der Waals surface area contributed by atoms with Crippen LogP contribution in [0, 0.1) is 12.7 Å². The van der Waals surface area contributed by atoms with Gasteiger partial charge in [-0.05, 0) is 36.8 Å². The molecule has 1 nitrogen and oxygen atoms in total. The Labute approximate surface area is 139 Å². The first-order valence-corrected chi connectivity index (χ1v) is 8.05. The molecule has 0 aliphatic heterocycles. The van der Waals surface area contributed by atoms with Crippen molar-refractivity contribution in [3.8, 4) is 5.75 Å². The van der Waals surface area contributed by atoms with Crippen molar-refractivity contribution in [2.45, 2.75) is 19.4 Å². The topological polar surface area (TPSA) is 9.23 Å². The molecule has 0 amide bonds. The van der Waals surface area contributed by atoms with E-state index in [2.05, 4.69) is 31.9 Å². The van der Waals surface area contributed by atoms with Crippen LogP contribution in [0.25, 0.3) is 0 Å². The Hall–Kier alpha value is -0.580. The molecule has 5 heteroatoms. The van der Waals surface area contributed by atoms with Crippen LogP contribution in [0.15, 0.2) is 39.3 Å². The molecular formula is C15H12Br2ClFO. The van der Waals surface area contributed by atoms with Crippen LogP contribution < -0.4 is 4.74 Å². The number of benzene rings is 2. The van der Waals surface area contributed by atoms with E-state index >= 15 is 0 Å². The van der Waals surface area contributed by atoms with E-state index in [4.69, 9.17) is 16.3 Å². The van der Waals surface area contributed by atoms with Crippen molar-refractivity contribution < 1.29 is 9.13 Å². The fourth-order valence-corrected chi connectivity index (χ4v) is 3.18. The Morgan fingerprint density at radius 3 is 2.55 bits per heavy atom. The van der Waals surface area contributed by atoms with E-state index in [1.54, 1.807) is 6.07 Å². The molecule has 0 N–H and O–H groups in total. The summed E-state index contributed by atoms with van der Waals surface area (Å²) in [6.45, 7) is 2.32. The van der Waals surface area contributed by atoms with Gasteiger partial charge < -0.3 is 4.74 Å². The maximum absolute atomic E-state index is 13.0. The highest BCUT2D eigenvalue weighted by Crippen LogP contribution is 2.30. The lowest BCUT2D eigenvalue weighted by Gasteiger charge is -2.14. The third kappa shape index (κ3) is 3.74. The number of hydrogen-bond acceptors (Lipinski definition) is 1. The molecule has 20 heavy (non-hydrogen) atoms. The first-order chi connectivity index (χ1) is 9.51. The molecule has 0 atom stereocenters. The summed E-state index contributed by atoms with van der Waals surface area (Å²) in [5, 5.41) is 0. The highest BCUT2D eigenvalue weighted by molar-refractivity contribution is 9.10. The summed E-state index contributed by atoms with van der Waals surface area (Å²) in [5.41, 5.74) is 2.82. The van der Waals surface area contributed by atoms with Gasteiger partial charge >= 0.3 is 0 Å². The number of alkyl halides is 1. The van der Waals surface area contributed by atoms with E-state index in [-0.39, 0.29) is 5.82 Å². The maximum atomic E-state index is 13.0. The highest BCUT2D eigenvalue weighted by atomic mass is 79.9. The average molecular weight is 423 g/mol. The van der Waals surface area contributed by atoms with Crippen LogP contribution in [0.1, 0.15) is 16.7 Å². The molecule has 106 valence electrons. The summed E-state index contributed by atoms with van der Waals surface area (Å²) in [6, 6.07) is 8.46. The van der Waals surface area contributed by atoms with Crippen molar-refractivity contribution >= 4 is 43.5 Å². The second kappa shape index (κ2) is 6.92. The molecule has 0 bridgehead atoms. The monoisotopic (exact) mass is 420 g/mol. The fourth-order valence-electron chi connectivity index (χ4n) is 1.89. The summed E-state index contributed by atoms with van der Waals surface area (Å²) >= 11 is 12.7. The van der Waals surface area contributed by atoms with Crippen LogP contribution >= 0.6 is 43.5 Å². The third-order valence-electron chi connectivity index (χ3n) is 2.85. The molecule has 0 unspecified atom stereocenters. The van der Waals surface area contributed by atoms with Crippen molar-refractivity contribution in [2.24, 2.45) is 0 Å². The first kappa shape index (κ1) is 15.8. The molecule has 0 spiro atoms. The number of ether oxygens (including phenoxy) is 1.